The number of methoxy groups -OCH3 is 1. The molecule has 1 aromatic heterocycles. The van der Waals surface area contributed by atoms with Gasteiger partial charge in [-0.2, -0.15) is 5.10 Å². The number of hydrogen-bond acceptors (Lipinski definition) is 4. The van der Waals surface area contributed by atoms with Crippen molar-refractivity contribution in [2.75, 3.05) is 7.11 Å². The summed E-state index contributed by atoms with van der Waals surface area (Å²) in [6.07, 6.45) is 0.460. The van der Waals surface area contributed by atoms with Crippen LogP contribution in [0.3, 0.4) is 0 Å². The van der Waals surface area contributed by atoms with Gasteiger partial charge in [0.25, 0.3) is 0 Å². The van der Waals surface area contributed by atoms with E-state index in [1.807, 2.05) is 0 Å². The summed E-state index contributed by atoms with van der Waals surface area (Å²) in [4.78, 5) is 22.2. The van der Waals surface area contributed by atoms with Gasteiger partial charge in [-0.25, -0.2) is 4.68 Å². The van der Waals surface area contributed by atoms with E-state index in [0.29, 0.717) is 12.0 Å². The Labute approximate surface area is 104 Å². The molecule has 0 amide bonds. The number of ether oxygens (including phenoxy) is 1. The fraction of sp³-hybridized carbons (Fsp3) is 0.154. The van der Waals surface area contributed by atoms with Crippen LogP contribution in [-0.2, 0) is 0 Å². The lowest BCUT2D eigenvalue weighted by Crippen LogP contribution is -2.18. The third kappa shape index (κ3) is 2.15. The molecule has 2 rings (SSSR count). The van der Waals surface area contributed by atoms with Crippen LogP contribution in [0.4, 0.5) is 0 Å². The van der Waals surface area contributed by atoms with Gasteiger partial charge >= 0.3 is 0 Å². The second-order valence-electron chi connectivity index (χ2n) is 3.76. The Morgan fingerprint density at radius 1 is 1.28 bits per heavy atom. The van der Waals surface area contributed by atoms with Crippen LogP contribution >= 0.6 is 0 Å². The van der Waals surface area contributed by atoms with Crippen LogP contribution in [0.15, 0.2) is 35.1 Å². The molecule has 0 unspecified atom stereocenters. The van der Waals surface area contributed by atoms with Crippen molar-refractivity contribution in [1.29, 1.82) is 0 Å². The Bertz CT molecular complexity index is 630. The van der Waals surface area contributed by atoms with E-state index in [1.54, 1.807) is 43.0 Å². The Kier molecular flexibility index (Phi) is 3.23. The molecule has 0 aliphatic heterocycles. The number of aromatic nitrogens is 2. The molecular weight excluding hydrogens is 232 g/mol. The molecule has 1 aromatic carbocycles. The number of nitrogens with zero attached hydrogens (tertiary/aromatic N) is 2. The molecule has 0 aliphatic carbocycles. The van der Waals surface area contributed by atoms with Crippen molar-refractivity contribution >= 4 is 6.29 Å². The zero-order valence-electron chi connectivity index (χ0n) is 10.1. The van der Waals surface area contributed by atoms with Gasteiger partial charge in [-0.05, 0) is 31.2 Å². The first kappa shape index (κ1) is 12.0. The molecule has 1 heterocycles. The zero-order chi connectivity index (χ0) is 13.1. The van der Waals surface area contributed by atoms with Gasteiger partial charge < -0.3 is 4.74 Å². The predicted molar refractivity (Wildman–Crippen MR) is 66.5 cm³/mol. The molecule has 0 aliphatic rings. The molecule has 92 valence electrons. The van der Waals surface area contributed by atoms with Crippen molar-refractivity contribution in [3.05, 3.63) is 51.9 Å². The van der Waals surface area contributed by atoms with Gasteiger partial charge in [0.05, 0.1) is 12.8 Å². The smallest absolute Gasteiger partial charge is 0.211 e. The van der Waals surface area contributed by atoms with Crippen molar-refractivity contribution in [3.8, 4) is 11.4 Å². The second kappa shape index (κ2) is 4.83. The Hall–Kier alpha value is -2.43. The van der Waals surface area contributed by atoms with Crippen molar-refractivity contribution in [2.24, 2.45) is 0 Å². The summed E-state index contributed by atoms with van der Waals surface area (Å²) >= 11 is 0. The van der Waals surface area contributed by atoms with Crippen LogP contribution in [0, 0.1) is 6.92 Å². The third-order valence-electron chi connectivity index (χ3n) is 2.56. The lowest BCUT2D eigenvalue weighted by molar-refractivity contribution is 0.111. The van der Waals surface area contributed by atoms with Crippen LogP contribution in [0.5, 0.6) is 5.75 Å². The Morgan fingerprint density at radius 2 is 1.94 bits per heavy atom. The van der Waals surface area contributed by atoms with Gasteiger partial charge in [0.1, 0.15) is 5.75 Å². The predicted octanol–water partition coefficient (Wildman–Crippen LogP) is 1.36. The normalized spacial score (nSPS) is 10.1. The monoisotopic (exact) mass is 244 g/mol. The second-order valence-corrected chi connectivity index (χ2v) is 3.76. The SMILES string of the molecule is COc1ccc(-n2nc(C=O)c(=O)cc2C)cc1. The average molecular weight is 244 g/mol. The zero-order valence-corrected chi connectivity index (χ0v) is 10.1. The molecule has 0 atom stereocenters. The minimum Gasteiger partial charge on any atom is -0.497 e. The summed E-state index contributed by atoms with van der Waals surface area (Å²) in [6.45, 7) is 1.76. The van der Waals surface area contributed by atoms with Crippen LogP contribution in [-0.4, -0.2) is 23.2 Å². The van der Waals surface area contributed by atoms with Gasteiger partial charge in [0.15, 0.2) is 12.0 Å². The van der Waals surface area contributed by atoms with E-state index < -0.39 is 0 Å². The molecule has 0 fully saturated rings. The molecule has 5 heteroatoms. The summed E-state index contributed by atoms with van der Waals surface area (Å²) in [5, 5.41) is 4.01. The number of carbonyl (C=O) groups excluding carboxylic acids is 1. The maximum Gasteiger partial charge on any atom is 0.211 e. The fourth-order valence-corrected chi connectivity index (χ4v) is 1.63. The molecule has 18 heavy (non-hydrogen) atoms. The van der Waals surface area contributed by atoms with Gasteiger partial charge in [-0.1, -0.05) is 0 Å². The lowest BCUT2D eigenvalue weighted by atomic mass is 10.2. The largest absolute Gasteiger partial charge is 0.497 e. The van der Waals surface area contributed by atoms with E-state index >= 15 is 0 Å². The number of aldehydes is 1. The summed E-state index contributed by atoms with van der Waals surface area (Å²) in [5.41, 5.74) is 0.954. The molecule has 0 saturated carbocycles. The van der Waals surface area contributed by atoms with E-state index in [1.165, 1.54) is 6.07 Å². The third-order valence-corrected chi connectivity index (χ3v) is 2.56. The van der Waals surface area contributed by atoms with Gasteiger partial charge in [-0.15, -0.1) is 0 Å². The summed E-state index contributed by atoms with van der Waals surface area (Å²) in [5.74, 6) is 0.730. The van der Waals surface area contributed by atoms with Gasteiger partial charge in [0.2, 0.25) is 5.43 Å². The van der Waals surface area contributed by atoms with Crippen LogP contribution in [0.25, 0.3) is 5.69 Å². The first-order valence-electron chi connectivity index (χ1n) is 5.36. The summed E-state index contributed by atoms with van der Waals surface area (Å²) in [7, 11) is 1.59. The van der Waals surface area contributed by atoms with Crippen molar-refractivity contribution in [2.45, 2.75) is 6.92 Å². The van der Waals surface area contributed by atoms with Crippen LogP contribution < -0.4 is 10.2 Å². The van der Waals surface area contributed by atoms with Crippen molar-refractivity contribution < 1.29 is 9.53 Å². The number of rotatable bonds is 3. The highest BCUT2D eigenvalue weighted by Crippen LogP contribution is 2.14. The van der Waals surface area contributed by atoms with Crippen molar-refractivity contribution in [3.63, 3.8) is 0 Å². The molecule has 2 aromatic rings. The molecule has 5 nitrogen and oxygen atoms in total. The van der Waals surface area contributed by atoms with Crippen LogP contribution in [0.2, 0.25) is 0 Å². The Morgan fingerprint density at radius 3 is 2.50 bits per heavy atom. The number of aryl methyl sites for hydroxylation is 1. The topological polar surface area (TPSA) is 61.2 Å². The lowest BCUT2D eigenvalue weighted by Gasteiger charge is -2.10. The summed E-state index contributed by atoms with van der Waals surface area (Å²) < 4.78 is 6.61. The fourth-order valence-electron chi connectivity index (χ4n) is 1.63. The molecule has 0 spiro atoms. The Balaban J connectivity index is 2.55. The summed E-state index contributed by atoms with van der Waals surface area (Å²) in [6, 6.07) is 8.57. The molecular formula is C13H12N2O3. The number of carbonyl (C=O) groups is 1. The maximum atomic E-state index is 11.4. The highest BCUT2D eigenvalue weighted by Gasteiger charge is 2.06. The highest BCUT2D eigenvalue weighted by molar-refractivity contribution is 5.71. The number of benzene rings is 1. The van der Waals surface area contributed by atoms with E-state index in [9.17, 15) is 9.59 Å². The van der Waals surface area contributed by atoms with Gasteiger partial charge in [-0.3, -0.25) is 9.59 Å². The van der Waals surface area contributed by atoms with Crippen molar-refractivity contribution in [1.82, 2.24) is 9.78 Å². The molecule has 0 radical (unpaired) electrons. The van der Waals surface area contributed by atoms with Gasteiger partial charge in [0, 0.05) is 11.8 Å². The first-order valence-corrected chi connectivity index (χ1v) is 5.36. The maximum absolute atomic E-state index is 11.4. The first-order chi connectivity index (χ1) is 8.65. The van der Waals surface area contributed by atoms with E-state index in [-0.39, 0.29) is 11.1 Å². The van der Waals surface area contributed by atoms with E-state index in [0.717, 1.165) is 11.4 Å². The van der Waals surface area contributed by atoms with E-state index in [2.05, 4.69) is 5.10 Å². The number of hydrogen-bond donors (Lipinski definition) is 0. The van der Waals surface area contributed by atoms with Crippen LogP contribution in [0.1, 0.15) is 16.2 Å². The highest BCUT2D eigenvalue weighted by atomic mass is 16.5. The average Bonchev–Trinajstić information content (AvgIpc) is 2.39. The molecule has 0 N–H and O–H groups in total. The standard InChI is InChI=1S/C13H12N2O3/c1-9-7-13(17)12(8-16)14-15(9)10-3-5-11(18-2)6-4-10/h3-8H,1-2H3. The molecule has 0 bridgehead atoms. The van der Waals surface area contributed by atoms with E-state index in [4.69, 9.17) is 4.74 Å². The minimum absolute atomic E-state index is 0.101. The minimum atomic E-state index is -0.368. The quantitative estimate of drug-likeness (QED) is 0.765. The molecule has 0 saturated heterocycles.